The molecule has 0 aliphatic rings. The second kappa shape index (κ2) is 21.0. The molecule has 0 fully saturated rings. The van der Waals surface area contributed by atoms with Crippen molar-refractivity contribution in [3.8, 4) is 0 Å². The lowest BCUT2D eigenvalue weighted by Gasteiger charge is -2.16. The van der Waals surface area contributed by atoms with E-state index in [1.807, 2.05) is 0 Å². The molecule has 4 heteroatoms. The molecule has 1 aromatic rings. The van der Waals surface area contributed by atoms with Gasteiger partial charge in [0.2, 0.25) is 0 Å². The van der Waals surface area contributed by atoms with Crippen LogP contribution in [0.3, 0.4) is 0 Å². The van der Waals surface area contributed by atoms with Crippen molar-refractivity contribution in [1.29, 1.82) is 0 Å². The van der Waals surface area contributed by atoms with Crippen LogP contribution in [0.1, 0.15) is 175 Å². The van der Waals surface area contributed by atoms with Crippen LogP contribution >= 0.6 is 0 Å². The lowest BCUT2D eigenvalue weighted by atomic mass is 9.88. The highest BCUT2D eigenvalue weighted by Crippen LogP contribution is 2.26. The predicted octanol–water partition coefficient (Wildman–Crippen LogP) is 10.5. The Morgan fingerprint density at radius 1 is 0.500 bits per heavy atom. The monoisotopic (exact) mass is 530 g/mol. The molecule has 0 spiro atoms. The van der Waals surface area contributed by atoms with Crippen molar-refractivity contribution in [3.63, 3.8) is 0 Å². The van der Waals surface area contributed by atoms with Crippen molar-refractivity contribution in [2.24, 2.45) is 11.8 Å². The molecule has 0 aliphatic carbocycles. The average Bonchev–Trinajstić information content (AvgIpc) is 2.85. The number of hydrogen-bond donors (Lipinski definition) is 2. The Hall–Kier alpha value is -1.84. The third-order valence-corrected chi connectivity index (χ3v) is 7.81. The highest BCUT2D eigenvalue weighted by Gasteiger charge is 2.20. The molecule has 38 heavy (non-hydrogen) atoms. The van der Waals surface area contributed by atoms with Gasteiger partial charge in [-0.2, -0.15) is 0 Å². The van der Waals surface area contributed by atoms with Crippen LogP contribution in [0.25, 0.3) is 0 Å². The summed E-state index contributed by atoms with van der Waals surface area (Å²) in [6.07, 6.45) is 23.2. The first kappa shape index (κ1) is 34.2. The van der Waals surface area contributed by atoms with Gasteiger partial charge in [0.1, 0.15) is 0 Å². The summed E-state index contributed by atoms with van der Waals surface area (Å²) in [5.74, 6) is -0.303. The van der Waals surface area contributed by atoms with Crippen LogP contribution in [0, 0.1) is 11.8 Å². The topological polar surface area (TPSA) is 74.6 Å². The molecular formula is C34H58O4. The van der Waals surface area contributed by atoms with Crippen LogP contribution in [0.5, 0.6) is 0 Å². The summed E-state index contributed by atoms with van der Waals surface area (Å²) >= 11 is 0. The summed E-state index contributed by atoms with van der Waals surface area (Å²) < 4.78 is 0. The molecule has 1 rings (SSSR count). The summed E-state index contributed by atoms with van der Waals surface area (Å²) in [6, 6.07) is 3.00. The Morgan fingerprint density at radius 2 is 0.763 bits per heavy atom. The minimum absolute atomic E-state index is 0.288. The fourth-order valence-corrected chi connectivity index (χ4v) is 5.49. The van der Waals surface area contributed by atoms with Gasteiger partial charge in [0, 0.05) is 0 Å². The van der Waals surface area contributed by atoms with E-state index in [4.69, 9.17) is 0 Å². The zero-order valence-corrected chi connectivity index (χ0v) is 25.2. The largest absolute Gasteiger partial charge is 0.478 e. The standard InChI is InChI=1S/C34H58O4/c1-27(2)21-17-13-9-5-7-11-15-19-23-29-30(32(34(37)38)26-25-31(29)33(35)36)24-20-16-12-8-6-10-14-18-22-28(3)4/h25-28H,5-24H2,1-4H3,(H,35,36)(H,37,38). The number of carbonyl (C=O) groups is 2. The van der Waals surface area contributed by atoms with Gasteiger partial charge in [-0.3, -0.25) is 0 Å². The first-order chi connectivity index (χ1) is 18.2. The van der Waals surface area contributed by atoms with Gasteiger partial charge in [0.25, 0.3) is 0 Å². The fourth-order valence-electron chi connectivity index (χ4n) is 5.49. The lowest BCUT2D eigenvalue weighted by molar-refractivity contribution is 0.0679. The SMILES string of the molecule is CC(C)CCCCCCCCCCc1c(C(=O)O)ccc(C(=O)O)c1CCCCCCCCCCC(C)C. The van der Waals surface area contributed by atoms with E-state index in [9.17, 15) is 19.8 Å². The first-order valence-corrected chi connectivity index (χ1v) is 15.8. The normalized spacial score (nSPS) is 11.5. The highest BCUT2D eigenvalue weighted by molar-refractivity contribution is 5.95. The second-order valence-electron chi connectivity index (χ2n) is 12.2. The first-order valence-electron chi connectivity index (χ1n) is 15.8. The minimum atomic E-state index is -0.947. The van der Waals surface area contributed by atoms with E-state index in [2.05, 4.69) is 27.7 Å². The number of carboxylic acid groups (broad SMARTS) is 2. The minimum Gasteiger partial charge on any atom is -0.478 e. The molecule has 0 amide bonds. The van der Waals surface area contributed by atoms with Gasteiger partial charge < -0.3 is 10.2 Å². The smallest absolute Gasteiger partial charge is 0.335 e. The summed E-state index contributed by atoms with van der Waals surface area (Å²) in [6.45, 7) is 9.13. The van der Waals surface area contributed by atoms with E-state index in [1.54, 1.807) is 0 Å². The van der Waals surface area contributed by atoms with E-state index in [0.29, 0.717) is 12.8 Å². The van der Waals surface area contributed by atoms with Crippen LogP contribution in [-0.2, 0) is 12.8 Å². The molecule has 0 saturated carbocycles. The van der Waals surface area contributed by atoms with E-state index in [-0.39, 0.29) is 11.1 Å². The summed E-state index contributed by atoms with van der Waals surface area (Å²) in [4.78, 5) is 23.9. The third-order valence-electron chi connectivity index (χ3n) is 7.81. The maximum absolute atomic E-state index is 12.0. The van der Waals surface area contributed by atoms with Gasteiger partial charge in [-0.15, -0.1) is 0 Å². The predicted molar refractivity (Wildman–Crippen MR) is 161 cm³/mol. The maximum Gasteiger partial charge on any atom is 0.335 e. The molecule has 4 nitrogen and oxygen atoms in total. The van der Waals surface area contributed by atoms with E-state index < -0.39 is 11.9 Å². The van der Waals surface area contributed by atoms with Crippen LogP contribution in [0.4, 0.5) is 0 Å². The molecule has 218 valence electrons. The molecule has 1 aromatic carbocycles. The van der Waals surface area contributed by atoms with Crippen molar-refractivity contribution in [2.75, 3.05) is 0 Å². The van der Waals surface area contributed by atoms with Crippen LogP contribution in [0.15, 0.2) is 12.1 Å². The zero-order chi connectivity index (χ0) is 28.2. The number of carboxylic acids is 2. The van der Waals surface area contributed by atoms with Gasteiger partial charge in [-0.25, -0.2) is 9.59 Å². The quantitative estimate of drug-likeness (QED) is 0.130. The van der Waals surface area contributed by atoms with E-state index in [0.717, 1.165) is 61.5 Å². The Morgan fingerprint density at radius 3 is 1.03 bits per heavy atom. The van der Waals surface area contributed by atoms with Crippen molar-refractivity contribution in [3.05, 3.63) is 34.4 Å². The fraction of sp³-hybridized carbons (Fsp3) is 0.765. The second-order valence-corrected chi connectivity index (χ2v) is 12.2. The van der Waals surface area contributed by atoms with Crippen molar-refractivity contribution in [1.82, 2.24) is 0 Å². The maximum atomic E-state index is 12.0. The number of rotatable bonds is 24. The molecule has 0 atom stereocenters. The molecule has 0 aliphatic heterocycles. The summed E-state index contributed by atoms with van der Waals surface area (Å²) in [5, 5.41) is 19.6. The molecule has 0 saturated heterocycles. The molecular weight excluding hydrogens is 472 g/mol. The average molecular weight is 531 g/mol. The van der Waals surface area contributed by atoms with Crippen LogP contribution < -0.4 is 0 Å². The van der Waals surface area contributed by atoms with E-state index in [1.165, 1.54) is 89.2 Å². The Kier molecular flexibility index (Phi) is 18.9. The van der Waals surface area contributed by atoms with Crippen molar-refractivity contribution < 1.29 is 19.8 Å². The van der Waals surface area contributed by atoms with Gasteiger partial charge in [-0.05, 0) is 60.8 Å². The van der Waals surface area contributed by atoms with Crippen LogP contribution in [-0.4, -0.2) is 22.2 Å². The van der Waals surface area contributed by atoms with E-state index >= 15 is 0 Å². The Bertz CT molecular complexity index is 716. The van der Waals surface area contributed by atoms with Crippen molar-refractivity contribution >= 4 is 11.9 Å². The van der Waals surface area contributed by atoms with Gasteiger partial charge in [-0.1, -0.05) is 130 Å². The lowest BCUT2D eigenvalue weighted by Crippen LogP contribution is -2.12. The van der Waals surface area contributed by atoms with Gasteiger partial charge in [0.05, 0.1) is 11.1 Å². The Balaban J connectivity index is 2.52. The number of hydrogen-bond acceptors (Lipinski definition) is 2. The zero-order valence-electron chi connectivity index (χ0n) is 25.2. The van der Waals surface area contributed by atoms with Crippen molar-refractivity contribution in [2.45, 2.75) is 156 Å². The van der Waals surface area contributed by atoms with Crippen LogP contribution in [0.2, 0.25) is 0 Å². The third kappa shape index (κ3) is 15.5. The molecule has 0 unspecified atom stereocenters. The van der Waals surface area contributed by atoms with Gasteiger partial charge in [0.15, 0.2) is 0 Å². The number of benzene rings is 1. The number of unbranched alkanes of at least 4 members (excludes halogenated alkanes) is 14. The summed E-state index contributed by atoms with van der Waals surface area (Å²) in [5.41, 5.74) is 2.10. The molecule has 2 N–H and O–H groups in total. The molecule has 0 bridgehead atoms. The number of aromatic carboxylic acids is 2. The molecule has 0 heterocycles. The highest BCUT2D eigenvalue weighted by atomic mass is 16.4. The summed E-state index contributed by atoms with van der Waals surface area (Å²) in [7, 11) is 0. The molecule has 0 aromatic heterocycles. The Labute approximate surface area is 234 Å². The van der Waals surface area contributed by atoms with Gasteiger partial charge >= 0.3 is 11.9 Å². The molecule has 0 radical (unpaired) electrons.